The Hall–Kier alpha value is -1.92. The van der Waals surface area contributed by atoms with Crippen molar-refractivity contribution in [2.24, 2.45) is 0 Å². The van der Waals surface area contributed by atoms with Crippen LogP contribution in [0, 0.1) is 0 Å². The van der Waals surface area contributed by atoms with Crippen molar-refractivity contribution in [1.82, 2.24) is 4.90 Å². The SMILES string of the molecule is COC(=O)C1CC(O)CN1C(=O)c1cc2ccccc2s1. The monoisotopic (exact) mass is 305 g/mol. The van der Waals surface area contributed by atoms with E-state index in [2.05, 4.69) is 0 Å². The number of amides is 1. The maximum absolute atomic E-state index is 12.6. The lowest BCUT2D eigenvalue weighted by Crippen LogP contribution is -2.40. The van der Waals surface area contributed by atoms with Gasteiger partial charge in [0.15, 0.2) is 0 Å². The van der Waals surface area contributed by atoms with Gasteiger partial charge in [-0.3, -0.25) is 4.79 Å². The van der Waals surface area contributed by atoms with Gasteiger partial charge in [-0.2, -0.15) is 0 Å². The summed E-state index contributed by atoms with van der Waals surface area (Å²) in [6, 6.07) is 8.85. The second-order valence-corrected chi connectivity index (χ2v) is 6.12. The first kappa shape index (κ1) is 14.0. The van der Waals surface area contributed by atoms with E-state index in [0.29, 0.717) is 4.88 Å². The third kappa shape index (κ3) is 2.52. The smallest absolute Gasteiger partial charge is 0.328 e. The maximum atomic E-state index is 12.6. The quantitative estimate of drug-likeness (QED) is 0.857. The topological polar surface area (TPSA) is 66.8 Å². The lowest BCUT2D eigenvalue weighted by molar-refractivity contribution is -0.145. The summed E-state index contributed by atoms with van der Waals surface area (Å²) in [4.78, 5) is 26.3. The van der Waals surface area contributed by atoms with Gasteiger partial charge in [0.25, 0.3) is 5.91 Å². The molecule has 1 aliphatic heterocycles. The van der Waals surface area contributed by atoms with Gasteiger partial charge in [-0.25, -0.2) is 4.79 Å². The molecule has 1 amide bonds. The number of aliphatic hydroxyl groups excluding tert-OH is 1. The Morgan fingerprint density at radius 2 is 2.14 bits per heavy atom. The number of carbonyl (C=O) groups excluding carboxylic acids is 2. The minimum absolute atomic E-state index is 0.160. The van der Waals surface area contributed by atoms with Crippen LogP contribution in [0.5, 0.6) is 0 Å². The minimum Gasteiger partial charge on any atom is -0.467 e. The fraction of sp³-hybridized carbons (Fsp3) is 0.333. The first-order valence-electron chi connectivity index (χ1n) is 6.65. The van der Waals surface area contributed by atoms with Crippen molar-refractivity contribution >= 4 is 33.3 Å². The van der Waals surface area contributed by atoms with Gasteiger partial charge in [0.1, 0.15) is 6.04 Å². The van der Waals surface area contributed by atoms with Crippen molar-refractivity contribution in [3.05, 3.63) is 35.2 Å². The van der Waals surface area contributed by atoms with E-state index in [-0.39, 0.29) is 18.9 Å². The molecule has 0 bridgehead atoms. The number of aliphatic hydroxyl groups is 1. The lowest BCUT2D eigenvalue weighted by atomic mass is 10.2. The van der Waals surface area contributed by atoms with E-state index in [1.54, 1.807) is 0 Å². The molecular weight excluding hydrogens is 290 g/mol. The van der Waals surface area contributed by atoms with Crippen LogP contribution < -0.4 is 0 Å². The highest BCUT2D eigenvalue weighted by Crippen LogP contribution is 2.29. The van der Waals surface area contributed by atoms with Crippen LogP contribution in [0.15, 0.2) is 30.3 Å². The largest absolute Gasteiger partial charge is 0.467 e. The fourth-order valence-electron chi connectivity index (χ4n) is 2.63. The van der Waals surface area contributed by atoms with Crippen LogP contribution in [0.4, 0.5) is 0 Å². The van der Waals surface area contributed by atoms with Crippen molar-refractivity contribution in [1.29, 1.82) is 0 Å². The Balaban J connectivity index is 1.91. The predicted molar refractivity (Wildman–Crippen MR) is 79.3 cm³/mol. The number of benzene rings is 1. The molecule has 0 spiro atoms. The van der Waals surface area contributed by atoms with E-state index in [4.69, 9.17) is 4.74 Å². The molecule has 110 valence electrons. The molecule has 21 heavy (non-hydrogen) atoms. The van der Waals surface area contributed by atoms with Gasteiger partial charge in [0, 0.05) is 17.7 Å². The number of esters is 1. The summed E-state index contributed by atoms with van der Waals surface area (Å²) in [6.07, 6.45) is -0.462. The van der Waals surface area contributed by atoms with Crippen LogP contribution in [0.25, 0.3) is 10.1 Å². The van der Waals surface area contributed by atoms with Crippen LogP contribution >= 0.6 is 11.3 Å². The average molecular weight is 305 g/mol. The molecule has 2 atom stereocenters. The van der Waals surface area contributed by atoms with E-state index in [1.165, 1.54) is 23.3 Å². The van der Waals surface area contributed by atoms with Crippen molar-refractivity contribution < 1.29 is 19.4 Å². The van der Waals surface area contributed by atoms with Crippen molar-refractivity contribution in [2.75, 3.05) is 13.7 Å². The lowest BCUT2D eigenvalue weighted by Gasteiger charge is -2.21. The number of rotatable bonds is 2. The van der Waals surface area contributed by atoms with Crippen LogP contribution in [0.2, 0.25) is 0 Å². The highest BCUT2D eigenvalue weighted by atomic mass is 32.1. The first-order valence-corrected chi connectivity index (χ1v) is 7.47. The molecule has 5 nitrogen and oxygen atoms in total. The number of thiophene rings is 1. The van der Waals surface area contributed by atoms with Crippen molar-refractivity contribution in [3.8, 4) is 0 Å². The molecule has 0 saturated carbocycles. The maximum Gasteiger partial charge on any atom is 0.328 e. The Morgan fingerprint density at radius 3 is 2.86 bits per heavy atom. The molecule has 1 N–H and O–H groups in total. The number of ether oxygens (including phenoxy) is 1. The molecular formula is C15H15NO4S. The van der Waals surface area contributed by atoms with Crippen LogP contribution in [0.1, 0.15) is 16.1 Å². The standard InChI is InChI=1S/C15H15NO4S/c1-20-15(19)11-7-10(17)8-16(11)14(18)13-6-9-4-2-3-5-12(9)21-13/h2-6,10-11,17H,7-8H2,1H3. The molecule has 3 rings (SSSR count). The summed E-state index contributed by atoms with van der Waals surface area (Å²) >= 11 is 1.39. The van der Waals surface area contributed by atoms with Crippen molar-refractivity contribution in [3.63, 3.8) is 0 Å². The molecule has 1 saturated heterocycles. The number of carbonyl (C=O) groups is 2. The first-order chi connectivity index (χ1) is 10.1. The van der Waals surface area contributed by atoms with Gasteiger partial charge in [-0.1, -0.05) is 18.2 Å². The summed E-state index contributed by atoms with van der Waals surface area (Å²) in [5.74, 6) is -0.718. The molecule has 0 aliphatic carbocycles. The molecule has 0 radical (unpaired) electrons. The summed E-state index contributed by atoms with van der Waals surface area (Å²) in [5.41, 5.74) is 0. The molecule has 2 heterocycles. The normalized spacial score (nSPS) is 21.7. The molecule has 1 aromatic carbocycles. The molecule has 1 aromatic heterocycles. The van der Waals surface area contributed by atoms with Gasteiger partial charge >= 0.3 is 5.97 Å². The van der Waals surface area contributed by atoms with E-state index >= 15 is 0 Å². The fourth-order valence-corrected chi connectivity index (χ4v) is 3.65. The van der Waals surface area contributed by atoms with Crippen molar-refractivity contribution in [2.45, 2.75) is 18.6 Å². The van der Waals surface area contributed by atoms with Crippen LogP contribution in [-0.2, 0) is 9.53 Å². The van der Waals surface area contributed by atoms with E-state index in [1.807, 2.05) is 30.3 Å². The second-order valence-electron chi connectivity index (χ2n) is 5.03. The number of β-amino-alcohol motifs (C(OH)–C–C–N with tert-alkyl or cyclic N) is 1. The predicted octanol–water partition coefficient (Wildman–Crippen LogP) is 1.65. The summed E-state index contributed by atoms with van der Waals surface area (Å²) < 4.78 is 5.74. The number of methoxy groups -OCH3 is 1. The Labute approximate surface area is 125 Å². The minimum atomic E-state index is -0.706. The molecule has 6 heteroatoms. The van der Waals surface area contributed by atoms with E-state index in [9.17, 15) is 14.7 Å². The molecule has 2 aromatic rings. The summed E-state index contributed by atoms with van der Waals surface area (Å²) in [6.45, 7) is 0.160. The zero-order valence-electron chi connectivity index (χ0n) is 11.5. The van der Waals surface area contributed by atoms with E-state index < -0.39 is 18.1 Å². The van der Waals surface area contributed by atoms with Gasteiger partial charge < -0.3 is 14.7 Å². The van der Waals surface area contributed by atoms with E-state index in [0.717, 1.165) is 10.1 Å². The number of fused-ring (bicyclic) bond motifs is 1. The summed E-state index contributed by atoms with van der Waals surface area (Å²) in [5, 5.41) is 10.8. The third-order valence-corrected chi connectivity index (χ3v) is 4.75. The van der Waals surface area contributed by atoms with Gasteiger partial charge in [0.05, 0.1) is 18.1 Å². The van der Waals surface area contributed by atoms with Crippen LogP contribution in [-0.4, -0.2) is 47.7 Å². The average Bonchev–Trinajstić information content (AvgIpc) is 3.09. The summed E-state index contributed by atoms with van der Waals surface area (Å²) in [7, 11) is 1.29. The molecule has 1 aliphatic rings. The zero-order chi connectivity index (χ0) is 15.0. The zero-order valence-corrected chi connectivity index (χ0v) is 12.3. The Morgan fingerprint density at radius 1 is 1.38 bits per heavy atom. The number of hydrogen-bond acceptors (Lipinski definition) is 5. The van der Waals surface area contributed by atoms with Crippen LogP contribution in [0.3, 0.4) is 0 Å². The second kappa shape index (κ2) is 5.46. The highest BCUT2D eigenvalue weighted by molar-refractivity contribution is 7.20. The highest BCUT2D eigenvalue weighted by Gasteiger charge is 2.40. The number of hydrogen-bond donors (Lipinski definition) is 1. The Bertz CT molecular complexity index is 663. The number of nitrogens with zero attached hydrogens (tertiary/aromatic N) is 1. The Kier molecular flexibility index (Phi) is 3.65. The van der Waals surface area contributed by atoms with Gasteiger partial charge in [-0.05, 0) is 17.5 Å². The van der Waals surface area contributed by atoms with Gasteiger partial charge in [-0.15, -0.1) is 11.3 Å². The van der Waals surface area contributed by atoms with Gasteiger partial charge in [0.2, 0.25) is 0 Å². The number of likely N-dealkylation sites (tertiary alicyclic amines) is 1. The molecule has 2 unspecified atom stereocenters. The molecule has 1 fully saturated rings. The third-order valence-electron chi connectivity index (χ3n) is 3.65.